The molecule has 2 aromatic heterocycles. The third-order valence-corrected chi connectivity index (χ3v) is 3.38. The molecule has 1 N–H and O–H groups in total. The molecule has 0 amide bonds. The first-order valence-electron chi connectivity index (χ1n) is 6.18. The molecule has 0 saturated heterocycles. The number of pyridine rings is 2. The van der Waals surface area contributed by atoms with Crippen molar-refractivity contribution in [1.82, 2.24) is 9.97 Å². The molecule has 2 heterocycles. The third kappa shape index (κ3) is 3.22. The molecular weight excluding hydrogens is 335 g/mol. The first-order chi connectivity index (χ1) is 10.2. The molecule has 0 atom stereocenters. The van der Waals surface area contributed by atoms with Crippen molar-refractivity contribution in [3.63, 3.8) is 0 Å². The molecule has 4 nitrogen and oxygen atoms in total. The van der Waals surface area contributed by atoms with Crippen LogP contribution in [0, 0.1) is 5.82 Å². The lowest BCUT2D eigenvalue weighted by Crippen LogP contribution is -1.95. The minimum absolute atomic E-state index is 0.297. The molecule has 21 heavy (non-hydrogen) atoms. The molecule has 3 aromatic rings. The second-order valence-corrected chi connectivity index (χ2v) is 5.13. The number of hydrogen-bond acceptors (Lipinski definition) is 4. The van der Waals surface area contributed by atoms with E-state index in [4.69, 9.17) is 0 Å². The standard InChI is InChI=1S/C15H10BrFN4/c16-13-8-11(17)7-10-4-5-12(20-15(10)13)9-19-21-14-3-1-2-6-18-14/h1-9H,(H,18,21)/b19-9-. The van der Waals surface area contributed by atoms with Crippen molar-refractivity contribution in [2.75, 3.05) is 5.43 Å². The molecule has 0 aliphatic heterocycles. The minimum Gasteiger partial charge on any atom is -0.261 e. The van der Waals surface area contributed by atoms with Gasteiger partial charge in [-0.1, -0.05) is 12.1 Å². The van der Waals surface area contributed by atoms with E-state index in [-0.39, 0.29) is 5.82 Å². The van der Waals surface area contributed by atoms with E-state index >= 15 is 0 Å². The van der Waals surface area contributed by atoms with Crippen LogP contribution in [0.3, 0.4) is 0 Å². The highest BCUT2D eigenvalue weighted by molar-refractivity contribution is 9.10. The third-order valence-electron chi connectivity index (χ3n) is 2.77. The predicted octanol–water partition coefficient (Wildman–Crippen LogP) is 3.98. The molecule has 0 aliphatic rings. The number of hydrogen-bond donors (Lipinski definition) is 1. The van der Waals surface area contributed by atoms with Crippen LogP contribution in [0.1, 0.15) is 5.69 Å². The number of benzene rings is 1. The van der Waals surface area contributed by atoms with Crippen molar-refractivity contribution in [1.29, 1.82) is 0 Å². The fourth-order valence-corrected chi connectivity index (χ4v) is 2.37. The summed E-state index contributed by atoms with van der Waals surface area (Å²) in [6.45, 7) is 0. The highest BCUT2D eigenvalue weighted by Crippen LogP contribution is 2.23. The van der Waals surface area contributed by atoms with E-state index in [0.717, 1.165) is 5.39 Å². The Balaban J connectivity index is 1.84. The number of aromatic nitrogens is 2. The zero-order valence-electron chi connectivity index (χ0n) is 10.8. The van der Waals surface area contributed by atoms with Gasteiger partial charge in [-0.2, -0.15) is 5.10 Å². The van der Waals surface area contributed by atoms with Crippen LogP contribution in [0.2, 0.25) is 0 Å². The predicted molar refractivity (Wildman–Crippen MR) is 84.9 cm³/mol. The van der Waals surface area contributed by atoms with Crippen LogP contribution in [0.5, 0.6) is 0 Å². The zero-order chi connectivity index (χ0) is 14.7. The Morgan fingerprint density at radius 2 is 2.10 bits per heavy atom. The molecule has 0 aliphatic carbocycles. The molecule has 0 radical (unpaired) electrons. The Labute approximate surface area is 128 Å². The fourth-order valence-electron chi connectivity index (χ4n) is 1.84. The summed E-state index contributed by atoms with van der Waals surface area (Å²) in [5.74, 6) is 0.354. The molecule has 0 spiro atoms. The average molecular weight is 345 g/mol. The largest absolute Gasteiger partial charge is 0.261 e. The van der Waals surface area contributed by atoms with E-state index in [1.807, 2.05) is 18.2 Å². The van der Waals surface area contributed by atoms with Crippen molar-refractivity contribution in [3.05, 3.63) is 64.6 Å². The van der Waals surface area contributed by atoms with Gasteiger partial charge in [0.2, 0.25) is 0 Å². The van der Waals surface area contributed by atoms with E-state index in [1.54, 1.807) is 24.5 Å². The fraction of sp³-hybridized carbons (Fsp3) is 0. The number of halogens is 2. The Morgan fingerprint density at radius 3 is 2.90 bits per heavy atom. The number of fused-ring (bicyclic) bond motifs is 1. The zero-order valence-corrected chi connectivity index (χ0v) is 12.4. The smallest absolute Gasteiger partial charge is 0.146 e. The highest BCUT2D eigenvalue weighted by Gasteiger charge is 2.04. The van der Waals surface area contributed by atoms with Crippen LogP contribution < -0.4 is 5.43 Å². The van der Waals surface area contributed by atoms with E-state index < -0.39 is 0 Å². The van der Waals surface area contributed by atoms with Gasteiger partial charge in [0.05, 0.1) is 17.4 Å². The van der Waals surface area contributed by atoms with Gasteiger partial charge >= 0.3 is 0 Å². The monoisotopic (exact) mass is 344 g/mol. The maximum Gasteiger partial charge on any atom is 0.146 e. The molecular formula is C15H10BrFN4. The van der Waals surface area contributed by atoms with Gasteiger partial charge in [-0.05, 0) is 46.3 Å². The van der Waals surface area contributed by atoms with Crippen LogP contribution in [-0.4, -0.2) is 16.2 Å². The lowest BCUT2D eigenvalue weighted by Gasteiger charge is -2.02. The molecule has 0 fully saturated rings. The van der Waals surface area contributed by atoms with Crippen LogP contribution in [0.15, 0.2) is 58.2 Å². The number of anilines is 1. The summed E-state index contributed by atoms with van der Waals surface area (Å²) in [6, 6.07) is 11.9. The summed E-state index contributed by atoms with van der Waals surface area (Å²) in [7, 11) is 0. The van der Waals surface area contributed by atoms with Crippen LogP contribution >= 0.6 is 15.9 Å². The summed E-state index contributed by atoms with van der Waals surface area (Å²) < 4.78 is 13.9. The van der Waals surface area contributed by atoms with Gasteiger partial charge < -0.3 is 0 Å². The van der Waals surface area contributed by atoms with Crippen molar-refractivity contribution >= 4 is 38.9 Å². The summed E-state index contributed by atoms with van der Waals surface area (Å²) >= 11 is 3.31. The Bertz CT molecular complexity index is 805. The number of nitrogens with one attached hydrogen (secondary N) is 1. The van der Waals surface area contributed by atoms with Crippen LogP contribution in [0.4, 0.5) is 10.2 Å². The second-order valence-electron chi connectivity index (χ2n) is 4.28. The molecule has 0 unspecified atom stereocenters. The summed E-state index contributed by atoms with van der Waals surface area (Å²) in [5, 5.41) is 4.81. The van der Waals surface area contributed by atoms with E-state index in [9.17, 15) is 4.39 Å². The summed E-state index contributed by atoms with van der Waals surface area (Å²) in [4.78, 5) is 8.51. The quantitative estimate of drug-likeness (QED) is 0.577. The number of nitrogens with zero attached hydrogens (tertiary/aromatic N) is 3. The number of rotatable bonds is 3. The molecule has 0 bridgehead atoms. The Hall–Kier alpha value is -2.34. The van der Waals surface area contributed by atoms with Gasteiger partial charge in [0.1, 0.15) is 11.6 Å². The number of hydrazone groups is 1. The SMILES string of the molecule is Fc1cc(Br)c2nc(/C=N\Nc3ccccn3)ccc2c1. The van der Waals surface area contributed by atoms with Crippen LogP contribution in [0.25, 0.3) is 10.9 Å². The van der Waals surface area contributed by atoms with Gasteiger partial charge in [0.15, 0.2) is 0 Å². The Morgan fingerprint density at radius 1 is 1.19 bits per heavy atom. The first kappa shape index (κ1) is 13.6. The Kier molecular flexibility index (Phi) is 3.87. The molecule has 6 heteroatoms. The summed E-state index contributed by atoms with van der Waals surface area (Å²) in [6.07, 6.45) is 3.27. The van der Waals surface area contributed by atoms with Crippen molar-refractivity contribution in [2.24, 2.45) is 5.10 Å². The lowest BCUT2D eigenvalue weighted by atomic mass is 10.2. The van der Waals surface area contributed by atoms with Crippen molar-refractivity contribution in [3.8, 4) is 0 Å². The first-order valence-corrected chi connectivity index (χ1v) is 6.97. The van der Waals surface area contributed by atoms with Gasteiger partial charge in [-0.3, -0.25) is 5.43 Å². The maximum atomic E-state index is 13.3. The van der Waals surface area contributed by atoms with E-state index in [0.29, 0.717) is 21.5 Å². The van der Waals surface area contributed by atoms with Gasteiger partial charge in [0, 0.05) is 16.1 Å². The summed E-state index contributed by atoms with van der Waals surface area (Å²) in [5.41, 5.74) is 4.17. The molecule has 1 aromatic carbocycles. The normalized spacial score (nSPS) is 11.1. The van der Waals surface area contributed by atoms with Crippen LogP contribution in [-0.2, 0) is 0 Å². The maximum absolute atomic E-state index is 13.3. The van der Waals surface area contributed by atoms with E-state index in [1.165, 1.54) is 12.1 Å². The highest BCUT2D eigenvalue weighted by atomic mass is 79.9. The molecule has 104 valence electrons. The van der Waals surface area contributed by atoms with Crippen molar-refractivity contribution in [2.45, 2.75) is 0 Å². The van der Waals surface area contributed by atoms with Gasteiger partial charge in [-0.15, -0.1) is 0 Å². The van der Waals surface area contributed by atoms with E-state index in [2.05, 4.69) is 36.4 Å². The second kappa shape index (κ2) is 5.97. The topological polar surface area (TPSA) is 50.2 Å². The molecule has 0 saturated carbocycles. The minimum atomic E-state index is -0.297. The van der Waals surface area contributed by atoms with Crippen molar-refractivity contribution < 1.29 is 4.39 Å². The van der Waals surface area contributed by atoms with Gasteiger partial charge in [0.25, 0.3) is 0 Å². The average Bonchev–Trinajstić information content (AvgIpc) is 2.49. The molecule has 3 rings (SSSR count). The lowest BCUT2D eigenvalue weighted by molar-refractivity contribution is 0.629. The van der Waals surface area contributed by atoms with Gasteiger partial charge in [-0.25, -0.2) is 14.4 Å².